The van der Waals surface area contributed by atoms with Gasteiger partial charge in [0.15, 0.2) is 11.5 Å². The summed E-state index contributed by atoms with van der Waals surface area (Å²) in [6.45, 7) is 6.75. The van der Waals surface area contributed by atoms with E-state index in [1.165, 1.54) is 0 Å². The van der Waals surface area contributed by atoms with Crippen LogP contribution >= 0.6 is 0 Å². The van der Waals surface area contributed by atoms with Gasteiger partial charge in [-0.2, -0.15) is 0 Å². The highest BCUT2D eigenvalue weighted by Gasteiger charge is 2.32. The van der Waals surface area contributed by atoms with Crippen molar-refractivity contribution in [3.63, 3.8) is 0 Å². The SMILES string of the molecule is CC(C(=O)N1CCN(c2ncccn2)CC1)N1CCC(c2nc3ccccc3o2)CC1. The van der Waals surface area contributed by atoms with Gasteiger partial charge >= 0.3 is 0 Å². The van der Waals surface area contributed by atoms with E-state index in [-0.39, 0.29) is 11.9 Å². The fraction of sp³-hybridized carbons (Fsp3) is 0.478. The molecular formula is C23H28N6O2. The maximum absolute atomic E-state index is 13.1. The number of piperidine rings is 1. The molecule has 1 aromatic carbocycles. The number of piperazine rings is 1. The van der Waals surface area contributed by atoms with Crippen LogP contribution in [-0.4, -0.2) is 76.0 Å². The standard InChI is InChI=1S/C23H28N6O2/c1-17(22(30)28-13-15-29(16-14-28)23-24-9-4-10-25-23)27-11-7-18(8-12-27)21-26-19-5-2-3-6-20(19)31-21/h2-6,9-10,17-18H,7-8,11-16H2,1H3. The smallest absolute Gasteiger partial charge is 0.239 e. The molecule has 0 N–H and O–H groups in total. The summed E-state index contributed by atoms with van der Waals surface area (Å²) in [7, 11) is 0. The fourth-order valence-corrected chi connectivity index (χ4v) is 4.60. The third kappa shape index (κ3) is 4.12. The largest absolute Gasteiger partial charge is 0.440 e. The quantitative estimate of drug-likeness (QED) is 0.642. The maximum atomic E-state index is 13.1. The van der Waals surface area contributed by atoms with Crippen molar-refractivity contribution in [2.75, 3.05) is 44.2 Å². The zero-order valence-electron chi connectivity index (χ0n) is 17.9. The number of hydrogen-bond acceptors (Lipinski definition) is 7. The van der Waals surface area contributed by atoms with Crippen molar-refractivity contribution in [3.8, 4) is 0 Å². The first kappa shape index (κ1) is 19.9. The Balaban J connectivity index is 1.14. The number of oxazole rings is 1. The van der Waals surface area contributed by atoms with E-state index in [1.807, 2.05) is 42.2 Å². The Morgan fingerprint density at radius 1 is 1.00 bits per heavy atom. The lowest BCUT2D eigenvalue weighted by atomic mass is 9.95. The topological polar surface area (TPSA) is 78.6 Å². The van der Waals surface area contributed by atoms with Crippen LogP contribution in [0.3, 0.4) is 0 Å². The molecule has 2 fully saturated rings. The van der Waals surface area contributed by atoms with Gasteiger partial charge in [-0.3, -0.25) is 9.69 Å². The van der Waals surface area contributed by atoms with Gasteiger partial charge in [0, 0.05) is 44.5 Å². The zero-order chi connectivity index (χ0) is 21.2. The normalized spacial score (nSPS) is 19.6. The first-order valence-electron chi connectivity index (χ1n) is 11.1. The fourth-order valence-electron chi connectivity index (χ4n) is 4.60. The molecule has 1 amide bonds. The molecular weight excluding hydrogens is 392 g/mol. The predicted octanol–water partition coefficient (Wildman–Crippen LogP) is 2.53. The second-order valence-corrected chi connectivity index (χ2v) is 8.37. The molecule has 8 nitrogen and oxygen atoms in total. The van der Waals surface area contributed by atoms with Gasteiger partial charge in [0.25, 0.3) is 0 Å². The minimum atomic E-state index is -0.107. The van der Waals surface area contributed by atoms with Crippen molar-refractivity contribution in [1.29, 1.82) is 0 Å². The number of carbonyl (C=O) groups excluding carboxylic acids is 1. The molecule has 0 radical (unpaired) electrons. The minimum absolute atomic E-state index is 0.107. The number of nitrogens with zero attached hydrogens (tertiary/aromatic N) is 6. The van der Waals surface area contributed by atoms with Crippen LogP contribution in [0.15, 0.2) is 47.1 Å². The van der Waals surface area contributed by atoms with Gasteiger partial charge in [-0.05, 0) is 51.1 Å². The van der Waals surface area contributed by atoms with Gasteiger partial charge in [-0.1, -0.05) is 12.1 Å². The Morgan fingerprint density at radius 3 is 2.42 bits per heavy atom. The summed E-state index contributed by atoms with van der Waals surface area (Å²) < 4.78 is 5.97. The second-order valence-electron chi connectivity index (χ2n) is 8.37. The first-order chi connectivity index (χ1) is 15.2. The van der Waals surface area contributed by atoms with Gasteiger partial charge in [0.05, 0.1) is 6.04 Å². The number of likely N-dealkylation sites (tertiary alicyclic amines) is 1. The first-order valence-corrected chi connectivity index (χ1v) is 11.1. The monoisotopic (exact) mass is 420 g/mol. The van der Waals surface area contributed by atoms with Crippen LogP contribution in [0.4, 0.5) is 5.95 Å². The van der Waals surface area contributed by atoms with Gasteiger partial charge in [0.1, 0.15) is 5.52 Å². The lowest BCUT2D eigenvalue weighted by Gasteiger charge is -2.39. The summed E-state index contributed by atoms with van der Waals surface area (Å²) in [6.07, 6.45) is 5.44. The summed E-state index contributed by atoms with van der Waals surface area (Å²) in [6, 6.07) is 9.62. The Bertz CT molecular complexity index is 990. The van der Waals surface area contributed by atoms with E-state index in [9.17, 15) is 4.79 Å². The molecule has 4 heterocycles. The summed E-state index contributed by atoms with van der Waals surface area (Å²) in [5.74, 6) is 2.11. The minimum Gasteiger partial charge on any atom is -0.440 e. The van der Waals surface area contributed by atoms with Crippen molar-refractivity contribution in [2.24, 2.45) is 0 Å². The summed E-state index contributed by atoms with van der Waals surface area (Å²) in [5.41, 5.74) is 1.77. The average Bonchev–Trinajstić information content (AvgIpc) is 3.28. The zero-order valence-corrected chi connectivity index (χ0v) is 17.9. The number of amides is 1. The highest BCUT2D eigenvalue weighted by molar-refractivity contribution is 5.81. The molecule has 3 aromatic rings. The van der Waals surface area contributed by atoms with E-state index in [0.717, 1.165) is 62.0 Å². The van der Waals surface area contributed by atoms with Crippen molar-refractivity contribution >= 4 is 23.0 Å². The van der Waals surface area contributed by atoms with Gasteiger partial charge in [0.2, 0.25) is 11.9 Å². The Morgan fingerprint density at radius 2 is 1.71 bits per heavy atom. The molecule has 2 aliphatic rings. The lowest BCUT2D eigenvalue weighted by molar-refractivity contribution is -0.137. The molecule has 2 aliphatic heterocycles. The number of para-hydroxylation sites is 2. The Labute approximate surface area is 181 Å². The van der Waals surface area contributed by atoms with Crippen molar-refractivity contribution in [1.82, 2.24) is 24.8 Å². The molecule has 0 spiro atoms. The van der Waals surface area contributed by atoms with E-state index in [1.54, 1.807) is 12.4 Å². The molecule has 0 aliphatic carbocycles. The number of benzene rings is 1. The maximum Gasteiger partial charge on any atom is 0.239 e. The van der Waals surface area contributed by atoms with Crippen LogP contribution < -0.4 is 4.90 Å². The predicted molar refractivity (Wildman–Crippen MR) is 118 cm³/mol. The molecule has 31 heavy (non-hydrogen) atoms. The lowest BCUT2D eigenvalue weighted by Crippen LogP contribution is -2.55. The van der Waals surface area contributed by atoms with Crippen LogP contribution in [0.5, 0.6) is 0 Å². The van der Waals surface area contributed by atoms with Crippen molar-refractivity contribution in [3.05, 3.63) is 48.6 Å². The van der Waals surface area contributed by atoms with Gasteiger partial charge in [-0.25, -0.2) is 15.0 Å². The third-order valence-corrected chi connectivity index (χ3v) is 6.52. The molecule has 0 bridgehead atoms. The van der Waals surface area contributed by atoms with Crippen LogP contribution in [0.1, 0.15) is 31.6 Å². The van der Waals surface area contributed by atoms with Gasteiger partial charge < -0.3 is 14.2 Å². The molecule has 0 saturated carbocycles. The summed E-state index contributed by atoms with van der Waals surface area (Å²) in [4.78, 5) is 32.8. The van der Waals surface area contributed by atoms with Crippen LogP contribution in [0.2, 0.25) is 0 Å². The van der Waals surface area contributed by atoms with Crippen LogP contribution in [-0.2, 0) is 4.79 Å². The molecule has 2 aromatic heterocycles. The Hall–Kier alpha value is -3.00. The van der Waals surface area contributed by atoms with E-state index in [4.69, 9.17) is 4.42 Å². The molecule has 1 atom stereocenters. The number of rotatable bonds is 4. The van der Waals surface area contributed by atoms with E-state index in [2.05, 4.69) is 24.8 Å². The molecule has 1 unspecified atom stereocenters. The van der Waals surface area contributed by atoms with E-state index >= 15 is 0 Å². The molecule has 5 rings (SSSR count). The summed E-state index contributed by atoms with van der Waals surface area (Å²) >= 11 is 0. The van der Waals surface area contributed by atoms with Gasteiger partial charge in [-0.15, -0.1) is 0 Å². The molecule has 2 saturated heterocycles. The van der Waals surface area contributed by atoms with Crippen LogP contribution in [0, 0.1) is 0 Å². The highest BCUT2D eigenvalue weighted by atomic mass is 16.3. The highest BCUT2D eigenvalue weighted by Crippen LogP contribution is 2.30. The van der Waals surface area contributed by atoms with E-state index < -0.39 is 0 Å². The number of carbonyl (C=O) groups is 1. The van der Waals surface area contributed by atoms with Crippen molar-refractivity contribution in [2.45, 2.75) is 31.7 Å². The van der Waals surface area contributed by atoms with E-state index in [0.29, 0.717) is 19.0 Å². The van der Waals surface area contributed by atoms with Crippen LogP contribution in [0.25, 0.3) is 11.1 Å². The second kappa shape index (κ2) is 8.63. The third-order valence-electron chi connectivity index (χ3n) is 6.52. The Kier molecular flexibility index (Phi) is 5.55. The number of anilines is 1. The summed E-state index contributed by atoms with van der Waals surface area (Å²) in [5, 5.41) is 0. The number of fused-ring (bicyclic) bond motifs is 1. The number of aromatic nitrogens is 3. The molecule has 8 heteroatoms. The molecule has 162 valence electrons. The van der Waals surface area contributed by atoms with Crippen molar-refractivity contribution < 1.29 is 9.21 Å². The average molecular weight is 421 g/mol. The number of hydrogen-bond donors (Lipinski definition) is 0.